The van der Waals surface area contributed by atoms with E-state index in [4.69, 9.17) is 4.74 Å². The SMILES string of the molecule is Cc1cccc(CC(CNC(=O)COCc2ccccc2)C(=O)O)c1. The van der Waals surface area contributed by atoms with Crippen molar-refractivity contribution in [1.82, 2.24) is 5.32 Å². The van der Waals surface area contributed by atoms with Crippen LogP contribution in [0.3, 0.4) is 0 Å². The van der Waals surface area contributed by atoms with Gasteiger partial charge in [0.05, 0.1) is 12.5 Å². The summed E-state index contributed by atoms with van der Waals surface area (Å²) >= 11 is 0. The van der Waals surface area contributed by atoms with Crippen LogP contribution in [0.1, 0.15) is 16.7 Å². The van der Waals surface area contributed by atoms with E-state index in [1.807, 2.05) is 61.5 Å². The molecule has 5 heteroatoms. The number of carbonyl (C=O) groups excluding carboxylic acids is 1. The fourth-order valence-electron chi connectivity index (χ4n) is 2.49. The summed E-state index contributed by atoms with van der Waals surface area (Å²) < 4.78 is 5.35. The van der Waals surface area contributed by atoms with Gasteiger partial charge < -0.3 is 15.2 Å². The van der Waals surface area contributed by atoms with Crippen LogP contribution in [0.4, 0.5) is 0 Å². The third kappa shape index (κ3) is 6.77. The zero-order valence-electron chi connectivity index (χ0n) is 14.3. The molecular weight excluding hydrogens is 318 g/mol. The number of amides is 1. The minimum absolute atomic E-state index is 0.0802. The maximum Gasteiger partial charge on any atom is 0.308 e. The first kappa shape index (κ1) is 18.7. The van der Waals surface area contributed by atoms with Crippen molar-refractivity contribution < 1.29 is 19.4 Å². The summed E-state index contributed by atoms with van der Waals surface area (Å²) in [5.41, 5.74) is 3.01. The van der Waals surface area contributed by atoms with Crippen LogP contribution >= 0.6 is 0 Å². The highest BCUT2D eigenvalue weighted by Crippen LogP contribution is 2.11. The standard InChI is InChI=1S/C20H23NO4/c1-15-6-5-9-17(10-15)11-18(20(23)24)12-21-19(22)14-25-13-16-7-3-2-4-8-16/h2-10,18H,11-14H2,1H3,(H,21,22)(H,23,24). The zero-order chi connectivity index (χ0) is 18.1. The average molecular weight is 341 g/mol. The summed E-state index contributed by atoms with van der Waals surface area (Å²) in [4.78, 5) is 23.3. The van der Waals surface area contributed by atoms with Gasteiger partial charge in [0.1, 0.15) is 6.61 Å². The Morgan fingerprint density at radius 2 is 1.80 bits per heavy atom. The van der Waals surface area contributed by atoms with Gasteiger partial charge >= 0.3 is 5.97 Å². The minimum atomic E-state index is -0.924. The summed E-state index contributed by atoms with van der Waals surface area (Å²) in [6.45, 7) is 2.30. The van der Waals surface area contributed by atoms with Crippen LogP contribution in [-0.4, -0.2) is 30.1 Å². The van der Waals surface area contributed by atoms with Gasteiger partial charge in [-0.25, -0.2) is 0 Å². The van der Waals surface area contributed by atoms with Crippen LogP contribution < -0.4 is 5.32 Å². The van der Waals surface area contributed by atoms with E-state index in [0.717, 1.165) is 16.7 Å². The molecule has 5 nitrogen and oxygen atoms in total. The molecule has 2 aromatic rings. The molecule has 132 valence electrons. The minimum Gasteiger partial charge on any atom is -0.481 e. The molecule has 1 amide bonds. The van der Waals surface area contributed by atoms with Crippen molar-refractivity contribution in [3.8, 4) is 0 Å². The highest BCUT2D eigenvalue weighted by molar-refractivity contribution is 5.78. The molecule has 1 atom stereocenters. The second-order valence-electron chi connectivity index (χ2n) is 6.01. The summed E-state index contributed by atoms with van der Waals surface area (Å²) in [5.74, 6) is -1.90. The van der Waals surface area contributed by atoms with Crippen LogP contribution in [-0.2, 0) is 27.4 Å². The van der Waals surface area contributed by atoms with Gasteiger partial charge in [-0.3, -0.25) is 9.59 Å². The Bertz CT molecular complexity index is 700. The molecule has 0 spiro atoms. The molecule has 0 saturated carbocycles. The van der Waals surface area contributed by atoms with Gasteiger partial charge in [0, 0.05) is 6.54 Å². The first-order chi connectivity index (χ1) is 12.0. The number of aryl methyl sites for hydroxylation is 1. The number of hydrogen-bond acceptors (Lipinski definition) is 3. The number of nitrogens with one attached hydrogen (secondary N) is 1. The monoisotopic (exact) mass is 341 g/mol. The van der Waals surface area contributed by atoms with Crippen LogP contribution in [0.5, 0.6) is 0 Å². The van der Waals surface area contributed by atoms with Crippen molar-refractivity contribution in [2.24, 2.45) is 5.92 Å². The van der Waals surface area contributed by atoms with Crippen LogP contribution in [0.2, 0.25) is 0 Å². The van der Waals surface area contributed by atoms with Gasteiger partial charge in [0.25, 0.3) is 0 Å². The van der Waals surface area contributed by atoms with Crippen LogP contribution in [0, 0.1) is 12.8 Å². The highest BCUT2D eigenvalue weighted by Gasteiger charge is 2.19. The van der Waals surface area contributed by atoms with Gasteiger partial charge in [0.2, 0.25) is 5.91 Å². The first-order valence-corrected chi connectivity index (χ1v) is 8.21. The van der Waals surface area contributed by atoms with E-state index >= 15 is 0 Å². The van der Waals surface area contributed by atoms with E-state index in [1.165, 1.54) is 0 Å². The third-order valence-corrected chi connectivity index (χ3v) is 3.80. The normalized spacial score (nSPS) is 11.7. The van der Waals surface area contributed by atoms with E-state index in [0.29, 0.717) is 13.0 Å². The molecule has 0 aliphatic heterocycles. The van der Waals surface area contributed by atoms with Gasteiger partial charge in [0.15, 0.2) is 0 Å². The van der Waals surface area contributed by atoms with Gasteiger partial charge in [-0.05, 0) is 24.5 Å². The topological polar surface area (TPSA) is 75.6 Å². The Hall–Kier alpha value is -2.66. The number of rotatable bonds is 9. The number of carboxylic acids is 1. The Kier molecular flexibility index (Phi) is 7.16. The molecule has 1 unspecified atom stereocenters. The first-order valence-electron chi connectivity index (χ1n) is 8.21. The van der Waals surface area contributed by atoms with Gasteiger partial charge in [-0.15, -0.1) is 0 Å². The van der Waals surface area contributed by atoms with Gasteiger partial charge in [-0.2, -0.15) is 0 Å². The van der Waals surface area contributed by atoms with E-state index in [1.54, 1.807) is 0 Å². The Labute approximate surface area is 147 Å². The van der Waals surface area contributed by atoms with Gasteiger partial charge in [-0.1, -0.05) is 60.2 Å². The molecule has 0 aliphatic rings. The van der Waals surface area contributed by atoms with Crippen molar-refractivity contribution in [3.63, 3.8) is 0 Å². The fourth-order valence-corrected chi connectivity index (χ4v) is 2.49. The lowest BCUT2D eigenvalue weighted by molar-refractivity contribution is -0.141. The number of hydrogen-bond donors (Lipinski definition) is 2. The predicted molar refractivity (Wildman–Crippen MR) is 95.1 cm³/mol. The molecule has 0 aliphatic carbocycles. The van der Waals surface area contributed by atoms with E-state index in [2.05, 4.69) is 5.32 Å². The molecular formula is C20H23NO4. The number of benzene rings is 2. The number of aliphatic carboxylic acids is 1. The largest absolute Gasteiger partial charge is 0.481 e. The number of ether oxygens (including phenoxy) is 1. The Balaban J connectivity index is 1.76. The van der Waals surface area contributed by atoms with E-state index in [9.17, 15) is 14.7 Å². The fraction of sp³-hybridized carbons (Fsp3) is 0.300. The molecule has 0 radical (unpaired) electrons. The van der Waals surface area contributed by atoms with Crippen LogP contribution in [0.15, 0.2) is 54.6 Å². The number of carboxylic acid groups (broad SMARTS) is 1. The molecule has 0 bridgehead atoms. The van der Waals surface area contributed by atoms with E-state index < -0.39 is 11.9 Å². The lowest BCUT2D eigenvalue weighted by atomic mass is 9.98. The molecule has 2 aromatic carbocycles. The average Bonchev–Trinajstić information content (AvgIpc) is 2.59. The van der Waals surface area contributed by atoms with Crippen molar-refractivity contribution >= 4 is 11.9 Å². The molecule has 0 fully saturated rings. The van der Waals surface area contributed by atoms with Crippen LogP contribution in [0.25, 0.3) is 0 Å². The summed E-state index contributed by atoms with van der Waals surface area (Å²) in [5, 5.41) is 12.0. The summed E-state index contributed by atoms with van der Waals surface area (Å²) in [6, 6.07) is 17.3. The molecule has 2 rings (SSSR count). The van der Waals surface area contributed by atoms with Crippen molar-refractivity contribution in [1.29, 1.82) is 0 Å². The summed E-state index contributed by atoms with van der Waals surface area (Å²) in [7, 11) is 0. The van der Waals surface area contributed by atoms with E-state index in [-0.39, 0.29) is 19.1 Å². The maximum absolute atomic E-state index is 11.8. The number of carbonyl (C=O) groups is 2. The predicted octanol–water partition coefficient (Wildman–Crippen LogP) is 2.57. The maximum atomic E-state index is 11.8. The lowest BCUT2D eigenvalue weighted by Gasteiger charge is -2.14. The Morgan fingerprint density at radius 3 is 2.48 bits per heavy atom. The highest BCUT2D eigenvalue weighted by atomic mass is 16.5. The molecule has 0 saturated heterocycles. The summed E-state index contributed by atoms with van der Waals surface area (Å²) in [6.07, 6.45) is 0.377. The third-order valence-electron chi connectivity index (χ3n) is 3.80. The molecule has 25 heavy (non-hydrogen) atoms. The van der Waals surface area contributed by atoms with Crippen molar-refractivity contribution in [2.75, 3.05) is 13.2 Å². The second-order valence-corrected chi connectivity index (χ2v) is 6.01. The lowest BCUT2D eigenvalue weighted by Crippen LogP contribution is -2.36. The Morgan fingerprint density at radius 1 is 1.08 bits per heavy atom. The molecule has 0 heterocycles. The van der Waals surface area contributed by atoms with Crippen molar-refractivity contribution in [2.45, 2.75) is 20.0 Å². The van der Waals surface area contributed by atoms with Crippen molar-refractivity contribution in [3.05, 3.63) is 71.3 Å². The quantitative estimate of drug-likeness (QED) is 0.735. The second kappa shape index (κ2) is 9.59. The zero-order valence-corrected chi connectivity index (χ0v) is 14.3. The molecule has 0 aromatic heterocycles. The smallest absolute Gasteiger partial charge is 0.308 e. The molecule has 2 N–H and O–H groups in total.